The van der Waals surface area contributed by atoms with Crippen molar-refractivity contribution >= 4 is 22.4 Å². The molecule has 0 saturated heterocycles. The van der Waals surface area contributed by atoms with Gasteiger partial charge in [0.25, 0.3) is 5.56 Å². The van der Waals surface area contributed by atoms with Gasteiger partial charge < -0.3 is 5.11 Å². The second kappa shape index (κ2) is 7.55. The van der Waals surface area contributed by atoms with Crippen LogP contribution in [-0.2, 0) is 10.8 Å². The van der Waals surface area contributed by atoms with Crippen LogP contribution in [-0.4, -0.2) is 19.7 Å². The molecule has 0 aliphatic carbocycles. The minimum absolute atomic E-state index is 0.181. The van der Waals surface area contributed by atoms with Gasteiger partial charge in [-0.2, -0.15) is 9.50 Å². The Bertz CT molecular complexity index is 1400. The van der Waals surface area contributed by atoms with E-state index in [-0.39, 0.29) is 16.4 Å². The van der Waals surface area contributed by atoms with Gasteiger partial charge in [0.1, 0.15) is 5.75 Å². The van der Waals surface area contributed by atoms with Gasteiger partial charge in [0, 0.05) is 16.7 Å². The summed E-state index contributed by atoms with van der Waals surface area (Å²) in [4.78, 5) is 18.2. The molecule has 0 unspecified atom stereocenters. The molecule has 2 aromatic carbocycles. The molecule has 0 aliphatic heterocycles. The molecular weight excluding hydrogens is 418 g/mol. The Morgan fingerprint density at radius 1 is 1.00 bits per heavy atom. The van der Waals surface area contributed by atoms with Gasteiger partial charge >= 0.3 is 0 Å². The van der Waals surface area contributed by atoms with Gasteiger partial charge in [0.2, 0.25) is 4.96 Å². The fraction of sp³-hybridized carbons (Fsp3) is 0.346. The minimum Gasteiger partial charge on any atom is -0.507 e. The average molecular weight is 448 g/mol. The summed E-state index contributed by atoms with van der Waals surface area (Å²) in [7, 11) is 0. The van der Waals surface area contributed by atoms with E-state index in [2.05, 4.69) is 51.6 Å². The van der Waals surface area contributed by atoms with Crippen molar-refractivity contribution in [3.05, 3.63) is 73.5 Å². The maximum atomic E-state index is 13.1. The highest BCUT2D eigenvalue weighted by Crippen LogP contribution is 2.39. The molecule has 0 aliphatic rings. The van der Waals surface area contributed by atoms with Crippen LogP contribution in [0.15, 0.2) is 41.2 Å². The van der Waals surface area contributed by atoms with E-state index in [0.29, 0.717) is 21.1 Å². The van der Waals surface area contributed by atoms with E-state index in [4.69, 9.17) is 0 Å². The number of benzene rings is 2. The van der Waals surface area contributed by atoms with E-state index in [9.17, 15) is 9.90 Å². The summed E-state index contributed by atoms with van der Waals surface area (Å²) in [5.41, 5.74) is 3.99. The van der Waals surface area contributed by atoms with Gasteiger partial charge in [-0.25, -0.2) is 0 Å². The Kier molecular flexibility index (Phi) is 5.24. The Labute approximate surface area is 192 Å². The highest BCUT2D eigenvalue weighted by Gasteiger charge is 2.26. The Morgan fingerprint density at radius 3 is 2.16 bits per heavy atom. The highest BCUT2D eigenvalue weighted by atomic mass is 32.1. The lowest BCUT2D eigenvalue weighted by Gasteiger charge is -2.27. The number of phenols is 1. The molecule has 2 aromatic heterocycles. The van der Waals surface area contributed by atoms with Crippen LogP contribution in [0.25, 0.3) is 22.4 Å². The summed E-state index contributed by atoms with van der Waals surface area (Å²) in [6, 6.07) is 11.9. The first-order valence-corrected chi connectivity index (χ1v) is 11.5. The zero-order chi connectivity index (χ0) is 23.4. The number of hydrogen-bond acceptors (Lipinski definition) is 5. The molecule has 0 radical (unpaired) electrons. The van der Waals surface area contributed by atoms with E-state index < -0.39 is 0 Å². The van der Waals surface area contributed by atoms with Crippen molar-refractivity contribution in [1.29, 1.82) is 0 Å². The SMILES string of the molecule is Cc1cccc(-c2nc3s/c(=C\c4cc(C(C)(C)C)c(O)c(C(C)(C)C)c4)c(=O)n3n2)c1. The fourth-order valence-corrected chi connectivity index (χ4v) is 4.68. The van der Waals surface area contributed by atoms with Gasteiger partial charge in [0.05, 0.1) is 4.53 Å². The summed E-state index contributed by atoms with van der Waals surface area (Å²) < 4.78 is 1.95. The molecule has 0 saturated carbocycles. The number of nitrogens with zero attached hydrogens (tertiary/aromatic N) is 3. The summed E-state index contributed by atoms with van der Waals surface area (Å²) >= 11 is 1.33. The van der Waals surface area contributed by atoms with Crippen LogP contribution >= 0.6 is 11.3 Å². The number of rotatable bonds is 2. The molecule has 4 rings (SSSR count). The monoisotopic (exact) mass is 447 g/mol. The third-order valence-electron chi connectivity index (χ3n) is 5.50. The summed E-state index contributed by atoms with van der Waals surface area (Å²) in [6.07, 6.45) is 1.87. The number of thiazole rings is 1. The Hall–Kier alpha value is -2.99. The Morgan fingerprint density at radius 2 is 1.62 bits per heavy atom. The summed E-state index contributed by atoms with van der Waals surface area (Å²) in [5.74, 6) is 0.883. The zero-order valence-corrected chi connectivity index (χ0v) is 20.5. The maximum absolute atomic E-state index is 13.1. The third-order valence-corrected chi connectivity index (χ3v) is 6.46. The minimum atomic E-state index is -0.234. The van der Waals surface area contributed by atoms with Crippen molar-refractivity contribution < 1.29 is 5.11 Å². The van der Waals surface area contributed by atoms with Crippen LogP contribution in [0.3, 0.4) is 0 Å². The van der Waals surface area contributed by atoms with Crippen LogP contribution in [0.4, 0.5) is 0 Å². The first kappa shape index (κ1) is 22.2. The average Bonchev–Trinajstić information content (AvgIpc) is 3.21. The fourth-order valence-electron chi connectivity index (χ4n) is 3.78. The maximum Gasteiger partial charge on any atom is 0.291 e. The van der Waals surface area contributed by atoms with Gasteiger partial charge in [-0.3, -0.25) is 4.79 Å². The van der Waals surface area contributed by atoms with Crippen LogP contribution in [0, 0.1) is 6.92 Å². The first-order valence-electron chi connectivity index (χ1n) is 10.7. The van der Waals surface area contributed by atoms with Crippen molar-refractivity contribution in [3.63, 3.8) is 0 Å². The lowest BCUT2D eigenvalue weighted by atomic mass is 9.78. The normalized spacial score (nSPS) is 13.3. The molecule has 0 spiro atoms. The predicted molar refractivity (Wildman–Crippen MR) is 132 cm³/mol. The number of fused-ring (bicyclic) bond motifs is 1. The number of hydrogen-bond donors (Lipinski definition) is 1. The molecule has 0 bridgehead atoms. The van der Waals surface area contributed by atoms with Crippen molar-refractivity contribution in [2.45, 2.75) is 59.3 Å². The molecular formula is C26H29N3O2S. The van der Waals surface area contributed by atoms with E-state index in [0.717, 1.165) is 27.8 Å². The molecule has 6 heteroatoms. The van der Waals surface area contributed by atoms with Gasteiger partial charge in [0.15, 0.2) is 5.82 Å². The van der Waals surface area contributed by atoms with Crippen molar-refractivity contribution in [2.24, 2.45) is 0 Å². The standard InChI is InChI=1S/C26H29N3O2S/c1-15-9-8-10-17(11-15)22-27-24-29(28-22)23(31)20(32-24)14-16-12-18(25(2,3)4)21(30)19(13-16)26(5,6)7/h8-14,30H,1-7H3/b20-14-. The lowest BCUT2D eigenvalue weighted by molar-refractivity contribution is 0.423. The predicted octanol–water partition coefficient (Wildman–Crippen LogP) is 4.97. The van der Waals surface area contributed by atoms with Crippen molar-refractivity contribution in [2.75, 3.05) is 0 Å². The topological polar surface area (TPSA) is 67.5 Å². The molecule has 0 fully saturated rings. The summed E-state index contributed by atoms with van der Waals surface area (Å²) in [5, 5.41) is 15.4. The third kappa shape index (κ3) is 4.07. The van der Waals surface area contributed by atoms with Crippen LogP contribution in [0.2, 0.25) is 0 Å². The van der Waals surface area contributed by atoms with Gasteiger partial charge in [-0.1, -0.05) is 76.6 Å². The van der Waals surface area contributed by atoms with Crippen molar-refractivity contribution in [1.82, 2.24) is 14.6 Å². The molecule has 2 heterocycles. The van der Waals surface area contributed by atoms with Crippen LogP contribution in [0.5, 0.6) is 5.75 Å². The second-order valence-electron chi connectivity index (χ2n) is 10.4. The number of aryl methyl sites for hydroxylation is 1. The lowest BCUT2D eigenvalue weighted by Crippen LogP contribution is -2.24. The molecule has 1 N–H and O–H groups in total. The van der Waals surface area contributed by atoms with E-state index >= 15 is 0 Å². The van der Waals surface area contributed by atoms with Crippen LogP contribution in [0.1, 0.15) is 63.8 Å². The number of aromatic hydroxyl groups is 1. The van der Waals surface area contributed by atoms with E-state index in [1.54, 1.807) is 0 Å². The molecule has 32 heavy (non-hydrogen) atoms. The molecule has 0 atom stereocenters. The van der Waals surface area contributed by atoms with Gasteiger partial charge in [-0.15, -0.1) is 5.10 Å². The highest BCUT2D eigenvalue weighted by molar-refractivity contribution is 7.15. The smallest absolute Gasteiger partial charge is 0.291 e. The molecule has 0 amide bonds. The molecule has 5 nitrogen and oxygen atoms in total. The quantitative estimate of drug-likeness (QED) is 0.471. The van der Waals surface area contributed by atoms with E-state index in [1.165, 1.54) is 15.9 Å². The number of phenolic OH excluding ortho intramolecular Hbond substituents is 1. The number of aromatic nitrogens is 3. The van der Waals surface area contributed by atoms with Gasteiger partial charge in [-0.05, 0) is 47.6 Å². The van der Waals surface area contributed by atoms with Crippen molar-refractivity contribution in [3.8, 4) is 17.1 Å². The second-order valence-corrected chi connectivity index (χ2v) is 11.4. The van der Waals surface area contributed by atoms with Crippen LogP contribution < -0.4 is 10.1 Å². The molecule has 166 valence electrons. The zero-order valence-electron chi connectivity index (χ0n) is 19.6. The largest absolute Gasteiger partial charge is 0.507 e. The molecule has 4 aromatic rings. The summed E-state index contributed by atoms with van der Waals surface area (Å²) in [6.45, 7) is 14.5. The van der Waals surface area contributed by atoms with E-state index in [1.807, 2.05) is 49.4 Å². The Balaban J connectivity index is 1.87. The first-order chi connectivity index (χ1) is 14.8.